The molecule has 0 bridgehead atoms. The third-order valence-electron chi connectivity index (χ3n) is 4.24. The van der Waals surface area contributed by atoms with Gasteiger partial charge in [0.25, 0.3) is 0 Å². The standard InChI is InChI=1S/C18H19N5OS/c1-23-8-7-16(22-23)18-20-14(11-25-18)10-19-13-4-2-3-12(9-13)15-5-6-17(24)21-15/h2-4,7-9,11,15,19H,5-6,10H2,1H3,(H,21,24). The minimum absolute atomic E-state index is 0.129. The fourth-order valence-corrected chi connectivity index (χ4v) is 3.74. The first kappa shape index (κ1) is 15.8. The number of aromatic nitrogens is 3. The summed E-state index contributed by atoms with van der Waals surface area (Å²) in [5.41, 5.74) is 4.07. The summed E-state index contributed by atoms with van der Waals surface area (Å²) in [6, 6.07) is 10.3. The molecule has 1 fully saturated rings. The number of thiazole rings is 1. The van der Waals surface area contributed by atoms with E-state index in [0.29, 0.717) is 13.0 Å². The minimum Gasteiger partial charge on any atom is -0.379 e. The molecule has 1 amide bonds. The van der Waals surface area contributed by atoms with Gasteiger partial charge in [-0.15, -0.1) is 11.3 Å². The first-order valence-corrected chi connectivity index (χ1v) is 9.13. The van der Waals surface area contributed by atoms with Crippen LogP contribution in [0.15, 0.2) is 41.9 Å². The van der Waals surface area contributed by atoms with E-state index < -0.39 is 0 Å². The predicted molar refractivity (Wildman–Crippen MR) is 98.2 cm³/mol. The van der Waals surface area contributed by atoms with Crippen molar-refractivity contribution < 1.29 is 4.79 Å². The van der Waals surface area contributed by atoms with E-state index in [1.54, 1.807) is 16.0 Å². The highest BCUT2D eigenvalue weighted by Gasteiger charge is 2.22. The highest BCUT2D eigenvalue weighted by molar-refractivity contribution is 7.13. The van der Waals surface area contributed by atoms with Crippen LogP contribution < -0.4 is 10.6 Å². The summed E-state index contributed by atoms with van der Waals surface area (Å²) < 4.78 is 1.78. The second-order valence-electron chi connectivity index (χ2n) is 6.16. The molecule has 2 aromatic heterocycles. The van der Waals surface area contributed by atoms with Crippen molar-refractivity contribution >= 4 is 22.9 Å². The van der Waals surface area contributed by atoms with Crippen LogP contribution in [0.4, 0.5) is 5.69 Å². The molecule has 25 heavy (non-hydrogen) atoms. The highest BCUT2D eigenvalue weighted by Crippen LogP contribution is 2.26. The van der Waals surface area contributed by atoms with Crippen LogP contribution in [0.3, 0.4) is 0 Å². The molecule has 2 N–H and O–H groups in total. The van der Waals surface area contributed by atoms with Crippen LogP contribution in [0.25, 0.3) is 10.7 Å². The summed E-state index contributed by atoms with van der Waals surface area (Å²) in [6.45, 7) is 0.657. The lowest BCUT2D eigenvalue weighted by Crippen LogP contribution is -2.18. The van der Waals surface area contributed by atoms with E-state index >= 15 is 0 Å². The number of hydrogen-bond acceptors (Lipinski definition) is 5. The Hall–Kier alpha value is -2.67. The molecule has 4 rings (SSSR count). The van der Waals surface area contributed by atoms with Gasteiger partial charge >= 0.3 is 0 Å². The molecule has 1 unspecified atom stereocenters. The number of nitrogens with zero attached hydrogens (tertiary/aromatic N) is 3. The van der Waals surface area contributed by atoms with Crippen LogP contribution in [-0.2, 0) is 18.4 Å². The van der Waals surface area contributed by atoms with Crippen molar-refractivity contribution in [3.05, 3.63) is 53.2 Å². The molecule has 1 aliphatic heterocycles. The topological polar surface area (TPSA) is 71.8 Å². The fourth-order valence-electron chi connectivity index (χ4n) is 2.96. The maximum Gasteiger partial charge on any atom is 0.220 e. The number of carbonyl (C=O) groups is 1. The third kappa shape index (κ3) is 3.56. The van der Waals surface area contributed by atoms with Gasteiger partial charge in [0.1, 0.15) is 10.7 Å². The van der Waals surface area contributed by atoms with Gasteiger partial charge in [0.2, 0.25) is 5.91 Å². The molecule has 3 heterocycles. The Bertz CT molecular complexity index is 900. The SMILES string of the molecule is Cn1ccc(-c2nc(CNc3cccc(C4CCC(=O)N4)c3)cs2)n1. The summed E-state index contributed by atoms with van der Waals surface area (Å²) in [5.74, 6) is 0.132. The van der Waals surface area contributed by atoms with Crippen LogP contribution in [-0.4, -0.2) is 20.7 Å². The molecule has 1 aliphatic rings. The van der Waals surface area contributed by atoms with Crippen molar-refractivity contribution in [1.29, 1.82) is 0 Å². The van der Waals surface area contributed by atoms with Gasteiger partial charge in [-0.1, -0.05) is 12.1 Å². The minimum atomic E-state index is 0.129. The van der Waals surface area contributed by atoms with Gasteiger partial charge in [-0.05, 0) is 30.2 Å². The van der Waals surface area contributed by atoms with Crippen molar-refractivity contribution in [2.24, 2.45) is 7.05 Å². The number of rotatable bonds is 5. The van der Waals surface area contributed by atoms with Crippen molar-refractivity contribution in [3.8, 4) is 10.7 Å². The molecule has 0 aliphatic carbocycles. The van der Waals surface area contributed by atoms with Crippen molar-refractivity contribution in [1.82, 2.24) is 20.1 Å². The molecule has 6 nitrogen and oxygen atoms in total. The summed E-state index contributed by atoms with van der Waals surface area (Å²) in [5, 5.41) is 13.8. The average molecular weight is 353 g/mol. The molecule has 1 saturated heterocycles. The monoisotopic (exact) mass is 353 g/mol. The van der Waals surface area contributed by atoms with Crippen LogP contribution in [0.5, 0.6) is 0 Å². The number of carbonyl (C=O) groups excluding carboxylic acids is 1. The Morgan fingerprint density at radius 3 is 3.08 bits per heavy atom. The molecular formula is C18H19N5OS. The van der Waals surface area contributed by atoms with Crippen molar-refractivity contribution in [2.75, 3.05) is 5.32 Å². The number of benzene rings is 1. The van der Waals surface area contributed by atoms with Crippen LogP contribution in [0, 0.1) is 0 Å². The van der Waals surface area contributed by atoms with Gasteiger partial charge in [-0.3, -0.25) is 9.48 Å². The zero-order chi connectivity index (χ0) is 17.2. The normalized spacial score (nSPS) is 16.8. The van der Waals surface area contributed by atoms with Gasteiger partial charge in [0.15, 0.2) is 0 Å². The average Bonchev–Trinajstić information content (AvgIpc) is 3.34. The lowest BCUT2D eigenvalue weighted by atomic mass is 10.0. The molecule has 7 heteroatoms. The molecular weight excluding hydrogens is 334 g/mol. The molecule has 0 radical (unpaired) electrons. The van der Waals surface area contributed by atoms with E-state index in [9.17, 15) is 4.79 Å². The second kappa shape index (κ2) is 6.68. The molecule has 0 saturated carbocycles. The van der Waals surface area contributed by atoms with Crippen molar-refractivity contribution in [2.45, 2.75) is 25.4 Å². The van der Waals surface area contributed by atoms with Crippen molar-refractivity contribution in [3.63, 3.8) is 0 Å². The number of nitrogens with one attached hydrogen (secondary N) is 2. The largest absolute Gasteiger partial charge is 0.379 e. The molecule has 1 aromatic carbocycles. The second-order valence-corrected chi connectivity index (χ2v) is 7.01. The Morgan fingerprint density at radius 1 is 1.40 bits per heavy atom. The van der Waals surface area contributed by atoms with Gasteiger partial charge in [0, 0.05) is 30.7 Å². The highest BCUT2D eigenvalue weighted by atomic mass is 32.1. The zero-order valence-corrected chi connectivity index (χ0v) is 14.7. The maximum atomic E-state index is 11.4. The Kier molecular flexibility index (Phi) is 4.23. The Morgan fingerprint density at radius 2 is 2.32 bits per heavy atom. The fraction of sp³-hybridized carbons (Fsp3) is 0.278. The summed E-state index contributed by atoms with van der Waals surface area (Å²) in [6.07, 6.45) is 3.39. The summed E-state index contributed by atoms with van der Waals surface area (Å²) >= 11 is 1.60. The van der Waals surface area contributed by atoms with Crippen LogP contribution in [0.2, 0.25) is 0 Å². The number of amides is 1. The predicted octanol–water partition coefficient (Wildman–Crippen LogP) is 3.11. The number of hydrogen-bond donors (Lipinski definition) is 2. The summed E-state index contributed by atoms with van der Waals surface area (Å²) in [7, 11) is 1.90. The Balaban J connectivity index is 1.42. The van der Waals surface area contributed by atoms with E-state index in [2.05, 4.69) is 38.2 Å². The Labute approximate surface area is 149 Å². The molecule has 128 valence electrons. The molecule has 0 spiro atoms. The number of anilines is 1. The summed E-state index contributed by atoms with van der Waals surface area (Å²) in [4.78, 5) is 16.0. The van der Waals surface area contributed by atoms with E-state index in [4.69, 9.17) is 0 Å². The van der Waals surface area contributed by atoms with Gasteiger partial charge < -0.3 is 10.6 Å². The molecule has 1 atom stereocenters. The van der Waals surface area contributed by atoms with Crippen LogP contribution >= 0.6 is 11.3 Å². The third-order valence-corrected chi connectivity index (χ3v) is 5.16. The van der Waals surface area contributed by atoms with E-state index in [-0.39, 0.29) is 11.9 Å². The van der Waals surface area contributed by atoms with Gasteiger partial charge in [-0.25, -0.2) is 4.98 Å². The first-order chi connectivity index (χ1) is 12.2. The van der Waals surface area contributed by atoms with E-state index in [1.807, 2.05) is 31.4 Å². The maximum absolute atomic E-state index is 11.4. The van der Waals surface area contributed by atoms with Crippen LogP contribution in [0.1, 0.15) is 30.1 Å². The molecule has 3 aromatic rings. The number of aryl methyl sites for hydroxylation is 1. The smallest absolute Gasteiger partial charge is 0.220 e. The lowest BCUT2D eigenvalue weighted by molar-refractivity contribution is -0.119. The quantitative estimate of drug-likeness (QED) is 0.739. The lowest BCUT2D eigenvalue weighted by Gasteiger charge is -2.12. The van der Waals surface area contributed by atoms with Gasteiger partial charge in [0.05, 0.1) is 18.3 Å². The first-order valence-electron chi connectivity index (χ1n) is 8.25. The van der Waals surface area contributed by atoms with E-state index in [1.165, 1.54) is 0 Å². The zero-order valence-electron chi connectivity index (χ0n) is 13.9. The van der Waals surface area contributed by atoms with E-state index in [0.717, 1.165) is 34.1 Å². The van der Waals surface area contributed by atoms with Gasteiger partial charge in [-0.2, -0.15) is 5.10 Å².